The summed E-state index contributed by atoms with van der Waals surface area (Å²) in [6.45, 7) is 0. The molecule has 0 amide bonds. The number of nitrogens with zero attached hydrogens (tertiary/aromatic N) is 1. The number of rotatable bonds is 2. The van der Waals surface area contributed by atoms with Crippen molar-refractivity contribution < 1.29 is 23.9 Å². The second-order valence-corrected chi connectivity index (χ2v) is 9.96. The fraction of sp³-hybridized carbons (Fsp3) is 0.154. The van der Waals surface area contributed by atoms with Crippen molar-refractivity contribution in [3.63, 3.8) is 0 Å². The van der Waals surface area contributed by atoms with Gasteiger partial charge in [0.15, 0.2) is 17.1 Å². The van der Waals surface area contributed by atoms with Crippen molar-refractivity contribution in [3.05, 3.63) is 98.5 Å². The zero-order chi connectivity index (χ0) is 24.6. The van der Waals surface area contributed by atoms with Gasteiger partial charge in [-0.2, -0.15) is 0 Å². The minimum Gasteiger partial charge on any atom is -0.393 e. The number of halogens is 3. The van der Waals surface area contributed by atoms with Crippen molar-refractivity contribution in [3.8, 4) is 0 Å². The number of esters is 2. The number of benzene rings is 3. The van der Waals surface area contributed by atoms with Crippen LogP contribution in [0.25, 0.3) is 0 Å². The molecule has 3 unspecified atom stereocenters. The molecule has 2 heterocycles. The Labute approximate surface area is 214 Å². The van der Waals surface area contributed by atoms with Crippen LogP contribution in [0.5, 0.6) is 0 Å². The second kappa shape index (κ2) is 7.65. The van der Waals surface area contributed by atoms with Gasteiger partial charge in [-0.3, -0.25) is 19.2 Å². The molecule has 1 spiro atoms. The molecular formula is C26H14Cl3NO5. The fourth-order valence-corrected chi connectivity index (χ4v) is 6.34. The summed E-state index contributed by atoms with van der Waals surface area (Å²) in [5.41, 5.74) is -0.846. The van der Waals surface area contributed by atoms with E-state index in [9.17, 15) is 19.2 Å². The van der Waals surface area contributed by atoms with E-state index in [0.29, 0.717) is 21.3 Å². The Hall–Kier alpha value is -3.19. The van der Waals surface area contributed by atoms with Gasteiger partial charge in [-0.25, -0.2) is 0 Å². The Morgan fingerprint density at radius 3 is 1.94 bits per heavy atom. The third kappa shape index (κ3) is 2.84. The number of hydrogen-bond donors (Lipinski definition) is 0. The zero-order valence-electron chi connectivity index (χ0n) is 17.7. The lowest BCUT2D eigenvalue weighted by molar-refractivity contribution is -0.154. The lowest BCUT2D eigenvalue weighted by Gasteiger charge is -2.40. The number of anilines is 1. The molecule has 0 radical (unpaired) electrons. The van der Waals surface area contributed by atoms with Crippen LogP contribution in [0, 0.1) is 11.8 Å². The number of carbonyl (C=O) groups is 4. The first-order valence-electron chi connectivity index (χ1n) is 10.7. The van der Waals surface area contributed by atoms with Crippen molar-refractivity contribution in [2.75, 3.05) is 4.90 Å². The Bertz CT molecular complexity index is 1430. The Kier molecular flexibility index (Phi) is 4.87. The minimum atomic E-state index is -2.06. The van der Waals surface area contributed by atoms with E-state index in [0.717, 1.165) is 0 Å². The molecule has 3 aromatic rings. The number of fused-ring (bicyclic) bond motifs is 3. The lowest BCUT2D eigenvalue weighted by atomic mass is 9.76. The van der Waals surface area contributed by atoms with Gasteiger partial charge >= 0.3 is 11.9 Å². The minimum absolute atomic E-state index is 0.160. The molecule has 3 aliphatic rings. The van der Waals surface area contributed by atoms with Gasteiger partial charge in [-0.1, -0.05) is 71.2 Å². The number of Topliss-reactive ketones (excluding diaryl/α,β-unsaturated/α-hetero) is 2. The van der Waals surface area contributed by atoms with Crippen LogP contribution in [-0.4, -0.2) is 29.0 Å². The summed E-state index contributed by atoms with van der Waals surface area (Å²) in [5, 5.41) is 0.964. The summed E-state index contributed by atoms with van der Waals surface area (Å²) in [6.07, 6.45) is 0. The van der Waals surface area contributed by atoms with Crippen LogP contribution in [0.1, 0.15) is 32.3 Å². The first kappa shape index (κ1) is 22.3. The number of carbonyl (C=O) groups excluding carboxylic acids is 4. The average molecular weight is 527 g/mol. The summed E-state index contributed by atoms with van der Waals surface area (Å²) >= 11 is 18.9. The first-order valence-corrected chi connectivity index (χ1v) is 11.8. The highest BCUT2D eigenvalue weighted by molar-refractivity contribution is 6.39. The van der Waals surface area contributed by atoms with Crippen LogP contribution in [0.2, 0.25) is 15.1 Å². The number of hydrogen-bond acceptors (Lipinski definition) is 6. The Morgan fingerprint density at radius 1 is 0.743 bits per heavy atom. The topological polar surface area (TPSA) is 80.8 Å². The second-order valence-electron chi connectivity index (χ2n) is 8.68. The van der Waals surface area contributed by atoms with Crippen LogP contribution < -0.4 is 4.90 Å². The largest absolute Gasteiger partial charge is 0.393 e. The smallest absolute Gasteiger partial charge is 0.320 e. The van der Waals surface area contributed by atoms with Crippen molar-refractivity contribution in [2.24, 2.45) is 11.8 Å². The molecule has 0 aromatic heterocycles. The molecule has 6 rings (SSSR count). The summed E-state index contributed by atoms with van der Waals surface area (Å²) in [7, 11) is 0. The highest BCUT2D eigenvalue weighted by Gasteiger charge is 2.76. The molecular weight excluding hydrogens is 513 g/mol. The molecule has 0 bridgehead atoms. The van der Waals surface area contributed by atoms with Gasteiger partial charge < -0.3 is 9.64 Å². The van der Waals surface area contributed by atoms with Crippen molar-refractivity contribution >= 4 is 64.0 Å². The van der Waals surface area contributed by atoms with E-state index in [1.807, 2.05) is 0 Å². The van der Waals surface area contributed by atoms with E-state index in [-0.39, 0.29) is 16.1 Å². The van der Waals surface area contributed by atoms with Gasteiger partial charge in [-0.05, 0) is 35.9 Å². The number of ketones is 2. The normalized spacial score (nSPS) is 24.2. The predicted molar refractivity (Wildman–Crippen MR) is 129 cm³/mol. The standard InChI is InChI=1S/C26H14Cl3NO5/c27-13-7-5-12(6-8-13)21-19-20(25(34)35-24(19)33)26(30(21)18-10-9-14(28)11-17(18)29)22(31)15-3-1-2-4-16(15)23(26)32/h1-11,19-21H. The highest BCUT2D eigenvalue weighted by Crippen LogP contribution is 2.60. The third-order valence-electron chi connectivity index (χ3n) is 7.02. The van der Waals surface area contributed by atoms with E-state index >= 15 is 0 Å². The van der Waals surface area contributed by atoms with Gasteiger partial charge in [0.05, 0.1) is 22.7 Å². The molecule has 0 N–H and O–H groups in total. The van der Waals surface area contributed by atoms with Crippen LogP contribution in [0.15, 0.2) is 66.7 Å². The lowest BCUT2D eigenvalue weighted by Crippen LogP contribution is -2.59. The zero-order valence-corrected chi connectivity index (χ0v) is 20.0. The van der Waals surface area contributed by atoms with E-state index in [2.05, 4.69) is 0 Å². The fourth-order valence-electron chi connectivity index (χ4n) is 5.71. The maximum atomic E-state index is 14.1. The number of ether oxygens (including phenoxy) is 1. The average Bonchev–Trinajstić information content (AvgIpc) is 3.39. The summed E-state index contributed by atoms with van der Waals surface area (Å²) in [6, 6.07) is 16.7. The maximum Gasteiger partial charge on any atom is 0.320 e. The van der Waals surface area contributed by atoms with E-state index in [1.54, 1.807) is 60.7 Å². The Balaban J connectivity index is 1.70. The molecule has 6 nitrogen and oxygen atoms in total. The summed E-state index contributed by atoms with van der Waals surface area (Å²) in [4.78, 5) is 56.1. The van der Waals surface area contributed by atoms with Crippen LogP contribution in [0.3, 0.4) is 0 Å². The van der Waals surface area contributed by atoms with Gasteiger partial charge in [0.1, 0.15) is 5.92 Å². The highest BCUT2D eigenvalue weighted by atomic mass is 35.5. The summed E-state index contributed by atoms with van der Waals surface area (Å²) in [5.74, 6) is -5.37. The van der Waals surface area contributed by atoms with Crippen LogP contribution in [-0.2, 0) is 14.3 Å². The van der Waals surface area contributed by atoms with Gasteiger partial charge in [-0.15, -0.1) is 0 Å². The molecule has 35 heavy (non-hydrogen) atoms. The summed E-state index contributed by atoms with van der Waals surface area (Å²) < 4.78 is 5.03. The van der Waals surface area contributed by atoms with E-state index < -0.39 is 46.9 Å². The molecule has 2 fully saturated rings. The van der Waals surface area contributed by atoms with Crippen molar-refractivity contribution in [2.45, 2.75) is 11.6 Å². The molecule has 9 heteroatoms. The van der Waals surface area contributed by atoms with Crippen LogP contribution in [0.4, 0.5) is 5.69 Å². The van der Waals surface area contributed by atoms with E-state index in [1.165, 1.54) is 11.0 Å². The first-order chi connectivity index (χ1) is 16.8. The molecule has 0 saturated carbocycles. The van der Waals surface area contributed by atoms with Crippen molar-refractivity contribution in [1.29, 1.82) is 0 Å². The molecule has 2 saturated heterocycles. The van der Waals surface area contributed by atoms with Crippen molar-refractivity contribution in [1.82, 2.24) is 0 Å². The quantitative estimate of drug-likeness (QED) is 0.331. The van der Waals surface area contributed by atoms with Gasteiger partial charge in [0.2, 0.25) is 0 Å². The van der Waals surface area contributed by atoms with E-state index in [4.69, 9.17) is 39.5 Å². The monoisotopic (exact) mass is 525 g/mol. The molecule has 2 aliphatic heterocycles. The maximum absolute atomic E-state index is 14.1. The van der Waals surface area contributed by atoms with Gasteiger partial charge in [0, 0.05) is 21.2 Å². The third-order valence-corrected chi connectivity index (χ3v) is 7.81. The van der Waals surface area contributed by atoms with Crippen LogP contribution >= 0.6 is 34.8 Å². The number of cyclic esters (lactones) is 2. The predicted octanol–water partition coefficient (Wildman–Crippen LogP) is 5.34. The molecule has 3 atom stereocenters. The molecule has 174 valence electrons. The SMILES string of the molecule is O=C1OC(=O)C2C1C(c1ccc(Cl)cc1)N(c1ccc(Cl)cc1Cl)C21C(=O)c2ccccc2C1=O. The molecule has 1 aliphatic carbocycles. The molecule has 3 aromatic carbocycles. The van der Waals surface area contributed by atoms with Gasteiger partial charge in [0.25, 0.3) is 0 Å². The Morgan fingerprint density at radius 2 is 1.34 bits per heavy atom.